The summed E-state index contributed by atoms with van der Waals surface area (Å²) in [5.74, 6) is 0. The third kappa shape index (κ3) is 3.44. The van der Waals surface area contributed by atoms with E-state index in [2.05, 4.69) is 10.3 Å². The zero-order valence-corrected chi connectivity index (χ0v) is 16.2. The monoisotopic (exact) mass is 419 g/mol. The van der Waals surface area contributed by atoms with E-state index in [1.165, 1.54) is 28.6 Å². The number of hydrogen-bond acceptors (Lipinski definition) is 6. The van der Waals surface area contributed by atoms with E-state index in [1.54, 1.807) is 10.9 Å². The van der Waals surface area contributed by atoms with Crippen LogP contribution in [0.3, 0.4) is 0 Å². The van der Waals surface area contributed by atoms with Gasteiger partial charge in [0.25, 0.3) is 0 Å². The molecule has 4 rings (SSSR count). The quantitative estimate of drug-likeness (QED) is 0.652. The predicted octanol–water partition coefficient (Wildman–Crippen LogP) is 0.838. The molecule has 146 valence electrons. The summed E-state index contributed by atoms with van der Waals surface area (Å²) in [5.41, 5.74) is 1.66. The molecular weight excluding hydrogens is 402 g/mol. The second-order valence-corrected chi connectivity index (χ2v) is 9.94. The molecule has 0 amide bonds. The fraction of sp³-hybridized carbons (Fsp3) is 0.176. The van der Waals surface area contributed by atoms with Gasteiger partial charge in [-0.1, -0.05) is 35.5 Å². The van der Waals surface area contributed by atoms with Crippen molar-refractivity contribution < 1.29 is 16.8 Å². The highest BCUT2D eigenvalue weighted by Crippen LogP contribution is 2.29. The van der Waals surface area contributed by atoms with E-state index in [0.29, 0.717) is 0 Å². The van der Waals surface area contributed by atoms with Gasteiger partial charge in [0.2, 0.25) is 20.0 Å². The number of sulfonamides is 2. The molecule has 1 aliphatic heterocycles. The molecule has 1 aromatic heterocycles. The van der Waals surface area contributed by atoms with Crippen LogP contribution in [0.1, 0.15) is 6.04 Å². The van der Waals surface area contributed by atoms with Crippen molar-refractivity contribution in [3.63, 3.8) is 0 Å². The maximum Gasteiger partial charge on any atom is 0.243 e. The van der Waals surface area contributed by atoms with E-state index in [9.17, 15) is 16.8 Å². The molecule has 2 heterocycles. The van der Waals surface area contributed by atoms with Crippen molar-refractivity contribution >= 4 is 20.0 Å². The van der Waals surface area contributed by atoms with Crippen LogP contribution in [0, 0.1) is 0 Å². The minimum atomic E-state index is -3.87. The van der Waals surface area contributed by atoms with Crippen molar-refractivity contribution in [2.24, 2.45) is 5.14 Å². The van der Waals surface area contributed by atoms with E-state index >= 15 is 0 Å². The van der Waals surface area contributed by atoms with Gasteiger partial charge in [0.15, 0.2) is 0 Å². The number of nitrogens with two attached hydrogens (primary N) is 1. The van der Waals surface area contributed by atoms with Gasteiger partial charge in [-0.05, 0) is 24.3 Å². The SMILES string of the molecule is NS(=O)(=O)c1ccc(S(=O)(=O)N2CC(n3cc(-c4ccccc4)nn3)C2)cc1. The number of hydrogen-bond donors (Lipinski definition) is 1. The van der Waals surface area contributed by atoms with E-state index in [-0.39, 0.29) is 28.9 Å². The summed E-state index contributed by atoms with van der Waals surface area (Å²) >= 11 is 0. The smallest absolute Gasteiger partial charge is 0.243 e. The standard InChI is InChI=1S/C17H17N5O4S2/c18-27(23,24)15-6-8-16(9-7-15)28(25,26)21-10-14(11-21)22-12-17(19-20-22)13-4-2-1-3-5-13/h1-9,12,14H,10-11H2,(H2,18,23,24). The van der Waals surface area contributed by atoms with Gasteiger partial charge in [-0.2, -0.15) is 4.31 Å². The van der Waals surface area contributed by atoms with E-state index in [1.807, 2.05) is 30.3 Å². The maximum atomic E-state index is 12.7. The molecule has 28 heavy (non-hydrogen) atoms. The molecule has 0 spiro atoms. The summed E-state index contributed by atoms with van der Waals surface area (Å²) in [7, 11) is -7.58. The van der Waals surface area contributed by atoms with Gasteiger partial charge in [0.05, 0.1) is 22.0 Å². The lowest BCUT2D eigenvalue weighted by Gasteiger charge is -2.37. The molecule has 0 unspecified atom stereocenters. The molecule has 0 bridgehead atoms. The lowest BCUT2D eigenvalue weighted by atomic mass is 10.1. The Morgan fingerprint density at radius 3 is 2.11 bits per heavy atom. The molecule has 2 N–H and O–H groups in total. The largest absolute Gasteiger partial charge is 0.246 e. The third-order valence-electron chi connectivity index (χ3n) is 4.57. The Labute approximate surface area is 162 Å². The van der Waals surface area contributed by atoms with Gasteiger partial charge >= 0.3 is 0 Å². The van der Waals surface area contributed by atoms with Crippen LogP contribution in [0.5, 0.6) is 0 Å². The highest BCUT2D eigenvalue weighted by Gasteiger charge is 2.38. The Hall–Kier alpha value is -2.60. The van der Waals surface area contributed by atoms with Crippen molar-refractivity contribution in [1.82, 2.24) is 19.3 Å². The molecule has 0 atom stereocenters. The van der Waals surface area contributed by atoms with Gasteiger partial charge in [0.1, 0.15) is 5.69 Å². The summed E-state index contributed by atoms with van der Waals surface area (Å²) < 4.78 is 50.9. The molecule has 0 aliphatic carbocycles. The lowest BCUT2D eigenvalue weighted by Crippen LogP contribution is -2.50. The van der Waals surface area contributed by atoms with Gasteiger partial charge < -0.3 is 0 Å². The zero-order valence-electron chi connectivity index (χ0n) is 14.6. The summed E-state index contributed by atoms with van der Waals surface area (Å²) in [6.07, 6.45) is 1.80. The molecule has 3 aromatic rings. The average Bonchev–Trinajstić information content (AvgIpc) is 3.10. The minimum absolute atomic E-state index is 0.0157. The second kappa shape index (κ2) is 6.78. The van der Waals surface area contributed by atoms with Crippen LogP contribution < -0.4 is 5.14 Å². The zero-order chi connectivity index (χ0) is 19.9. The number of aromatic nitrogens is 3. The second-order valence-electron chi connectivity index (χ2n) is 6.44. The Morgan fingerprint density at radius 2 is 1.50 bits per heavy atom. The first-order valence-electron chi connectivity index (χ1n) is 8.35. The number of benzene rings is 2. The molecule has 0 saturated carbocycles. The van der Waals surface area contributed by atoms with E-state index in [0.717, 1.165) is 11.3 Å². The van der Waals surface area contributed by atoms with Gasteiger partial charge in [0, 0.05) is 18.7 Å². The Kier molecular flexibility index (Phi) is 4.54. The Morgan fingerprint density at radius 1 is 0.893 bits per heavy atom. The first-order chi connectivity index (χ1) is 13.2. The van der Waals surface area contributed by atoms with Gasteiger partial charge in [-0.3, -0.25) is 0 Å². The molecular formula is C17H17N5O4S2. The molecule has 9 nitrogen and oxygen atoms in total. The fourth-order valence-electron chi connectivity index (χ4n) is 2.93. The first-order valence-corrected chi connectivity index (χ1v) is 11.3. The fourth-order valence-corrected chi connectivity index (χ4v) is 4.96. The number of rotatable bonds is 5. The van der Waals surface area contributed by atoms with Crippen LogP contribution >= 0.6 is 0 Å². The predicted molar refractivity (Wildman–Crippen MR) is 101 cm³/mol. The number of primary sulfonamides is 1. The molecule has 1 saturated heterocycles. The van der Waals surface area contributed by atoms with Crippen molar-refractivity contribution in [2.45, 2.75) is 15.8 Å². The topological polar surface area (TPSA) is 128 Å². The van der Waals surface area contributed by atoms with Crippen LogP contribution in [-0.4, -0.2) is 49.2 Å². The number of nitrogens with zero attached hydrogens (tertiary/aromatic N) is 4. The van der Waals surface area contributed by atoms with Gasteiger partial charge in [-0.25, -0.2) is 26.7 Å². The Bertz CT molecular complexity index is 1200. The highest BCUT2D eigenvalue weighted by atomic mass is 32.2. The summed E-state index contributed by atoms with van der Waals surface area (Å²) in [4.78, 5) is -0.120. The van der Waals surface area contributed by atoms with Crippen molar-refractivity contribution in [1.29, 1.82) is 0 Å². The van der Waals surface area contributed by atoms with Crippen LogP contribution in [0.15, 0.2) is 70.6 Å². The summed E-state index contributed by atoms with van der Waals surface area (Å²) in [6.45, 7) is 0.522. The Balaban J connectivity index is 1.47. The summed E-state index contributed by atoms with van der Waals surface area (Å²) in [6, 6.07) is 14.3. The maximum absolute atomic E-state index is 12.7. The van der Waals surface area contributed by atoms with Crippen LogP contribution in [0.4, 0.5) is 0 Å². The minimum Gasteiger partial charge on any atom is -0.246 e. The van der Waals surface area contributed by atoms with E-state index in [4.69, 9.17) is 5.14 Å². The normalized spacial score (nSPS) is 16.0. The van der Waals surface area contributed by atoms with Crippen molar-refractivity contribution in [3.05, 3.63) is 60.8 Å². The van der Waals surface area contributed by atoms with E-state index < -0.39 is 20.0 Å². The van der Waals surface area contributed by atoms with Crippen molar-refractivity contribution in [3.8, 4) is 11.3 Å². The highest BCUT2D eigenvalue weighted by molar-refractivity contribution is 7.89. The van der Waals surface area contributed by atoms with Crippen LogP contribution in [0.2, 0.25) is 0 Å². The first kappa shape index (κ1) is 18.7. The molecule has 0 radical (unpaired) electrons. The van der Waals surface area contributed by atoms with Crippen LogP contribution in [0.25, 0.3) is 11.3 Å². The van der Waals surface area contributed by atoms with Crippen LogP contribution in [-0.2, 0) is 20.0 Å². The summed E-state index contributed by atoms with van der Waals surface area (Å²) in [5, 5.41) is 13.3. The van der Waals surface area contributed by atoms with Gasteiger partial charge in [-0.15, -0.1) is 5.10 Å². The average molecular weight is 419 g/mol. The third-order valence-corrected chi connectivity index (χ3v) is 7.35. The molecule has 11 heteroatoms. The molecule has 1 aliphatic rings. The van der Waals surface area contributed by atoms with Crippen molar-refractivity contribution in [2.75, 3.05) is 13.1 Å². The molecule has 1 fully saturated rings. The lowest BCUT2D eigenvalue weighted by molar-refractivity contribution is 0.189. The molecule has 2 aromatic carbocycles.